The molecular weight excluding hydrogens is 453 g/mol. The van der Waals surface area contributed by atoms with Crippen LogP contribution in [-0.2, 0) is 11.4 Å². The van der Waals surface area contributed by atoms with Gasteiger partial charge in [-0.3, -0.25) is 9.59 Å². The van der Waals surface area contributed by atoms with Gasteiger partial charge in [-0.25, -0.2) is 0 Å². The van der Waals surface area contributed by atoms with Crippen molar-refractivity contribution in [1.29, 1.82) is 0 Å². The topological polar surface area (TPSA) is 89.6 Å². The SMILES string of the molecule is CCC(Sc1c(C(N)=O)sc2cc(OCc3ccc(Cl)cc3Cl)ccc12)C(=O)O. The monoisotopic (exact) mass is 469 g/mol. The number of amides is 1. The molecule has 3 aromatic rings. The van der Waals surface area contributed by atoms with Gasteiger partial charge in [-0.1, -0.05) is 36.2 Å². The van der Waals surface area contributed by atoms with Gasteiger partial charge in [-0.15, -0.1) is 23.1 Å². The van der Waals surface area contributed by atoms with Crippen molar-refractivity contribution in [2.75, 3.05) is 0 Å². The number of halogens is 2. The highest BCUT2D eigenvalue weighted by molar-refractivity contribution is 8.01. The molecule has 0 aliphatic carbocycles. The largest absolute Gasteiger partial charge is 0.489 e. The van der Waals surface area contributed by atoms with Crippen LogP contribution in [-0.4, -0.2) is 22.2 Å². The lowest BCUT2D eigenvalue weighted by atomic mass is 10.2. The van der Waals surface area contributed by atoms with Crippen LogP contribution in [0.15, 0.2) is 41.3 Å². The van der Waals surface area contributed by atoms with Crippen molar-refractivity contribution in [2.24, 2.45) is 5.73 Å². The number of carboxylic acid groups (broad SMARTS) is 1. The van der Waals surface area contributed by atoms with Crippen LogP contribution < -0.4 is 10.5 Å². The number of carbonyl (C=O) groups is 2. The number of thioether (sulfide) groups is 1. The molecule has 1 atom stereocenters. The van der Waals surface area contributed by atoms with Crippen LogP contribution in [0.2, 0.25) is 10.0 Å². The number of nitrogens with two attached hydrogens (primary N) is 1. The van der Waals surface area contributed by atoms with E-state index in [1.54, 1.807) is 31.2 Å². The lowest BCUT2D eigenvalue weighted by Gasteiger charge is -2.10. The van der Waals surface area contributed by atoms with Gasteiger partial charge in [-0.2, -0.15) is 0 Å². The first kappa shape index (κ1) is 21.8. The lowest BCUT2D eigenvalue weighted by Crippen LogP contribution is -2.16. The van der Waals surface area contributed by atoms with E-state index in [9.17, 15) is 14.7 Å². The fourth-order valence-corrected chi connectivity index (χ4v) is 5.51. The molecule has 1 amide bonds. The molecule has 2 aromatic carbocycles. The van der Waals surface area contributed by atoms with Crippen LogP contribution in [0.3, 0.4) is 0 Å². The van der Waals surface area contributed by atoms with Crippen LogP contribution in [0.5, 0.6) is 5.75 Å². The van der Waals surface area contributed by atoms with E-state index in [2.05, 4.69) is 0 Å². The number of thiophene rings is 1. The van der Waals surface area contributed by atoms with Gasteiger partial charge in [0, 0.05) is 30.6 Å². The Morgan fingerprint density at radius 2 is 2.00 bits per heavy atom. The number of fused-ring (bicyclic) bond motifs is 1. The molecule has 0 aliphatic heterocycles. The number of carboxylic acids is 1. The number of rotatable bonds is 8. The van der Waals surface area contributed by atoms with Crippen LogP contribution >= 0.6 is 46.3 Å². The number of primary amides is 1. The molecule has 0 bridgehead atoms. The number of benzene rings is 2. The minimum absolute atomic E-state index is 0.258. The van der Waals surface area contributed by atoms with Crippen LogP contribution in [0.1, 0.15) is 28.6 Å². The van der Waals surface area contributed by atoms with Gasteiger partial charge in [-0.05, 0) is 36.8 Å². The van der Waals surface area contributed by atoms with Gasteiger partial charge in [0.25, 0.3) is 5.91 Å². The smallest absolute Gasteiger partial charge is 0.316 e. The molecule has 29 heavy (non-hydrogen) atoms. The number of ether oxygens (including phenoxy) is 1. The molecular formula is C20H17Cl2NO4S2. The van der Waals surface area contributed by atoms with Crippen molar-refractivity contribution in [1.82, 2.24) is 0 Å². The second-order valence-corrected chi connectivity index (χ2v) is 9.27. The maximum absolute atomic E-state index is 11.9. The van der Waals surface area contributed by atoms with Gasteiger partial charge >= 0.3 is 5.97 Å². The minimum atomic E-state index is -0.924. The molecule has 9 heteroatoms. The summed E-state index contributed by atoms with van der Waals surface area (Å²) in [6, 6.07) is 10.6. The van der Waals surface area contributed by atoms with E-state index in [0.717, 1.165) is 27.4 Å². The first-order valence-electron chi connectivity index (χ1n) is 8.62. The molecule has 0 aliphatic rings. The molecule has 3 rings (SSSR count). The van der Waals surface area contributed by atoms with Gasteiger partial charge < -0.3 is 15.6 Å². The molecule has 1 unspecified atom stereocenters. The van der Waals surface area contributed by atoms with Crippen LogP contribution in [0, 0.1) is 0 Å². The molecule has 1 aromatic heterocycles. The summed E-state index contributed by atoms with van der Waals surface area (Å²) in [5, 5.41) is 10.6. The number of carbonyl (C=O) groups excluding carboxylic acids is 1. The predicted octanol–water partition coefficient (Wildman–Crippen LogP) is 5.84. The Kier molecular flexibility index (Phi) is 6.95. The highest BCUT2D eigenvalue weighted by Gasteiger charge is 2.24. The van der Waals surface area contributed by atoms with Crippen molar-refractivity contribution < 1.29 is 19.4 Å². The Labute approximate surface area is 185 Å². The van der Waals surface area contributed by atoms with Crippen molar-refractivity contribution in [2.45, 2.75) is 30.1 Å². The van der Waals surface area contributed by atoms with E-state index in [1.165, 1.54) is 11.3 Å². The van der Waals surface area contributed by atoms with Crippen LogP contribution in [0.25, 0.3) is 10.1 Å². The Morgan fingerprint density at radius 1 is 1.24 bits per heavy atom. The van der Waals surface area contributed by atoms with E-state index in [1.807, 2.05) is 12.1 Å². The molecule has 0 saturated heterocycles. The third-order valence-corrected chi connectivity index (χ3v) is 7.52. The number of aliphatic carboxylic acids is 1. The zero-order valence-electron chi connectivity index (χ0n) is 15.3. The second kappa shape index (κ2) is 9.26. The van der Waals surface area contributed by atoms with Crippen molar-refractivity contribution in [3.8, 4) is 5.75 Å². The second-order valence-electron chi connectivity index (χ2n) is 6.16. The average molecular weight is 470 g/mol. The summed E-state index contributed by atoms with van der Waals surface area (Å²) in [4.78, 5) is 24.3. The van der Waals surface area contributed by atoms with E-state index in [0.29, 0.717) is 32.0 Å². The maximum atomic E-state index is 11.9. The highest BCUT2D eigenvalue weighted by Crippen LogP contribution is 2.42. The highest BCUT2D eigenvalue weighted by atomic mass is 35.5. The molecule has 5 nitrogen and oxygen atoms in total. The normalized spacial score (nSPS) is 12.1. The van der Waals surface area contributed by atoms with Gasteiger partial charge in [0.15, 0.2) is 0 Å². The fraction of sp³-hybridized carbons (Fsp3) is 0.200. The summed E-state index contributed by atoms with van der Waals surface area (Å²) < 4.78 is 6.63. The van der Waals surface area contributed by atoms with Gasteiger partial charge in [0.1, 0.15) is 22.5 Å². The molecule has 0 saturated carbocycles. The van der Waals surface area contributed by atoms with Crippen molar-refractivity contribution in [3.63, 3.8) is 0 Å². The van der Waals surface area contributed by atoms with Crippen LogP contribution in [0.4, 0.5) is 0 Å². The number of hydrogen-bond donors (Lipinski definition) is 2. The first-order valence-corrected chi connectivity index (χ1v) is 11.1. The van der Waals surface area contributed by atoms with Gasteiger partial charge in [0.2, 0.25) is 0 Å². The lowest BCUT2D eigenvalue weighted by molar-refractivity contribution is -0.136. The Morgan fingerprint density at radius 3 is 2.62 bits per heavy atom. The predicted molar refractivity (Wildman–Crippen MR) is 119 cm³/mol. The quantitative estimate of drug-likeness (QED) is 0.404. The summed E-state index contributed by atoms with van der Waals surface area (Å²) in [6.45, 7) is 2.05. The molecule has 0 spiro atoms. The zero-order chi connectivity index (χ0) is 21.1. The molecule has 0 radical (unpaired) electrons. The van der Waals surface area contributed by atoms with E-state index in [4.69, 9.17) is 33.7 Å². The summed E-state index contributed by atoms with van der Waals surface area (Å²) in [7, 11) is 0. The zero-order valence-corrected chi connectivity index (χ0v) is 18.4. The number of hydrogen-bond acceptors (Lipinski definition) is 5. The third-order valence-electron chi connectivity index (χ3n) is 4.16. The maximum Gasteiger partial charge on any atom is 0.316 e. The standard InChI is InChI=1S/C20H17Cl2NO4S2/c1-2-15(20(25)26)28-17-13-6-5-12(8-16(13)29-18(17)19(23)24)27-9-10-3-4-11(21)7-14(10)22/h3-8,15H,2,9H2,1H3,(H2,23,24)(H,25,26). The summed E-state index contributed by atoms with van der Waals surface area (Å²) >= 11 is 14.5. The average Bonchev–Trinajstić information content (AvgIpc) is 3.03. The van der Waals surface area contributed by atoms with Crippen molar-refractivity contribution in [3.05, 3.63) is 56.9 Å². The molecule has 152 valence electrons. The fourth-order valence-electron chi connectivity index (χ4n) is 2.67. The molecule has 0 fully saturated rings. The van der Waals surface area contributed by atoms with E-state index < -0.39 is 17.1 Å². The van der Waals surface area contributed by atoms with E-state index >= 15 is 0 Å². The third kappa shape index (κ3) is 4.98. The Balaban J connectivity index is 1.89. The van der Waals surface area contributed by atoms with Gasteiger partial charge in [0.05, 0.1) is 0 Å². The Bertz CT molecular complexity index is 1080. The molecule has 1 heterocycles. The van der Waals surface area contributed by atoms with Crippen molar-refractivity contribution >= 4 is 68.3 Å². The van der Waals surface area contributed by atoms with E-state index in [-0.39, 0.29) is 6.61 Å². The first-order chi connectivity index (χ1) is 13.8. The summed E-state index contributed by atoms with van der Waals surface area (Å²) in [5.41, 5.74) is 6.32. The Hall–Kier alpha value is -1.93. The minimum Gasteiger partial charge on any atom is -0.489 e. The summed E-state index contributed by atoms with van der Waals surface area (Å²) in [6.07, 6.45) is 0.429. The molecule has 3 N–H and O–H groups in total. The summed E-state index contributed by atoms with van der Waals surface area (Å²) in [5.74, 6) is -0.904.